The van der Waals surface area contributed by atoms with Crippen molar-refractivity contribution >= 4 is 9.84 Å². The van der Waals surface area contributed by atoms with Crippen molar-refractivity contribution < 1.29 is 8.42 Å². The lowest BCUT2D eigenvalue weighted by atomic mass is 10.1. The minimum Gasteiger partial charge on any atom is -0.312 e. The first-order valence-electron chi connectivity index (χ1n) is 6.15. The molecule has 5 nitrogen and oxygen atoms in total. The minimum absolute atomic E-state index is 0.0822. The third-order valence-electron chi connectivity index (χ3n) is 2.89. The van der Waals surface area contributed by atoms with E-state index in [9.17, 15) is 8.42 Å². The maximum atomic E-state index is 11.4. The van der Waals surface area contributed by atoms with E-state index in [0.717, 1.165) is 17.9 Å². The maximum absolute atomic E-state index is 11.4. The summed E-state index contributed by atoms with van der Waals surface area (Å²) in [6, 6.07) is 1.95. The van der Waals surface area contributed by atoms with Crippen molar-refractivity contribution in [2.75, 3.05) is 18.6 Å². The van der Waals surface area contributed by atoms with E-state index in [2.05, 4.69) is 15.3 Å². The molecule has 0 aromatic carbocycles. The molecule has 1 aromatic heterocycles. The SMILES string of the molecule is CCS(=O)(=O)CCCC(NC)c1ccnc(C)n1. The molecule has 18 heavy (non-hydrogen) atoms. The molecule has 6 heteroatoms. The highest BCUT2D eigenvalue weighted by Crippen LogP contribution is 2.16. The predicted octanol–water partition coefficient (Wildman–Crippen LogP) is 1.26. The van der Waals surface area contributed by atoms with Crippen LogP contribution in [-0.2, 0) is 9.84 Å². The van der Waals surface area contributed by atoms with Gasteiger partial charge in [-0.25, -0.2) is 18.4 Å². The highest BCUT2D eigenvalue weighted by Gasteiger charge is 2.13. The van der Waals surface area contributed by atoms with Crippen LogP contribution in [0.15, 0.2) is 12.3 Å². The molecule has 0 fully saturated rings. The van der Waals surface area contributed by atoms with Gasteiger partial charge >= 0.3 is 0 Å². The standard InChI is InChI=1S/C12H21N3O2S/c1-4-18(16,17)9-5-6-11(13-3)12-7-8-14-10(2)15-12/h7-8,11,13H,4-6,9H2,1-3H3. The highest BCUT2D eigenvalue weighted by atomic mass is 32.2. The van der Waals surface area contributed by atoms with Crippen molar-refractivity contribution in [3.63, 3.8) is 0 Å². The molecule has 0 radical (unpaired) electrons. The van der Waals surface area contributed by atoms with Gasteiger partial charge in [-0.3, -0.25) is 0 Å². The van der Waals surface area contributed by atoms with Gasteiger partial charge in [-0.2, -0.15) is 0 Å². The number of nitrogens with zero attached hydrogens (tertiary/aromatic N) is 2. The Balaban J connectivity index is 2.58. The van der Waals surface area contributed by atoms with Crippen LogP contribution in [0.5, 0.6) is 0 Å². The number of hydrogen-bond acceptors (Lipinski definition) is 5. The minimum atomic E-state index is -2.87. The molecule has 0 saturated heterocycles. The summed E-state index contributed by atoms with van der Waals surface area (Å²) < 4.78 is 22.8. The van der Waals surface area contributed by atoms with Gasteiger partial charge in [-0.05, 0) is 32.9 Å². The Morgan fingerprint density at radius 1 is 1.44 bits per heavy atom. The van der Waals surface area contributed by atoms with Gasteiger partial charge in [0.2, 0.25) is 0 Å². The van der Waals surface area contributed by atoms with Gasteiger partial charge in [-0.1, -0.05) is 6.92 Å². The van der Waals surface area contributed by atoms with Crippen LogP contribution < -0.4 is 5.32 Å². The lowest BCUT2D eigenvalue weighted by Crippen LogP contribution is -2.19. The van der Waals surface area contributed by atoms with Crippen molar-refractivity contribution in [2.24, 2.45) is 0 Å². The molecule has 0 amide bonds. The zero-order valence-electron chi connectivity index (χ0n) is 11.2. The van der Waals surface area contributed by atoms with E-state index >= 15 is 0 Å². The highest BCUT2D eigenvalue weighted by molar-refractivity contribution is 7.91. The van der Waals surface area contributed by atoms with Gasteiger partial charge in [0, 0.05) is 18.0 Å². The molecule has 0 bridgehead atoms. The van der Waals surface area contributed by atoms with E-state index in [-0.39, 0.29) is 17.5 Å². The molecule has 1 aromatic rings. The van der Waals surface area contributed by atoms with E-state index in [1.54, 1.807) is 13.1 Å². The Labute approximate surface area is 109 Å². The second-order valence-electron chi connectivity index (χ2n) is 4.25. The van der Waals surface area contributed by atoms with Gasteiger partial charge in [0.05, 0.1) is 11.4 Å². The molecule has 102 valence electrons. The van der Waals surface area contributed by atoms with Crippen LogP contribution in [0, 0.1) is 6.92 Å². The number of rotatable bonds is 7. The lowest BCUT2D eigenvalue weighted by Gasteiger charge is -2.15. The Bertz CT molecular complexity index is 474. The van der Waals surface area contributed by atoms with Crippen LogP contribution in [0.4, 0.5) is 0 Å². The summed E-state index contributed by atoms with van der Waals surface area (Å²) in [5, 5.41) is 3.16. The van der Waals surface area contributed by atoms with Crippen LogP contribution in [0.2, 0.25) is 0 Å². The molecule has 0 aliphatic heterocycles. The molecule has 1 N–H and O–H groups in total. The first-order valence-corrected chi connectivity index (χ1v) is 7.98. The number of aryl methyl sites for hydroxylation is 1. The van der Waals surface area contributed by atoms with Gasteiger partial charge in [0.1, 0.15) is 15.7 Å². The molecule has 1 atom stereocenters. The summed E-state index contributed by atoms with van der Waals surface area (Å²) in [6.45, 7) is 3.52. The second-order valence-corrected chi connectivity index (χ2v) is 6.72. The van der Waals surface area contributed by atoms with Crippen molar-refractivity contribution in [3.8, 4) is 0 Å². The number of aromatic nitrogens is 2. The van der Waals surface area contributed by atoms with Crippen LogP contribution in [-0.4, -0.2) is 36.9 Å². The Morgan fingerprint density at radius 2 is 2.17 bits per heavy atom. The molecule has 0 aliphatic carbocycles. The molecule has 1 rings (SSSR count). The number of nitrogens with one attached hydrogen (secondary N) is 1. The van der Waals surface area contributed by atoms with Crippen molar-refractivity contribution in [3.05, 3.63) is 23.8 Å². The topological polar surface area (TPSA) is 72.0 Å². The fourth-order valence-electron chi connectivity index (χ4n) is 1.76. The van der Waals surface area contributed by atoms with Gasteiger partial charge in [0.25, 0.3) is 0 Å². The summed E-state index contributed by atoms with van der Waals surface area (Å²) in [7, 11) is -1.02. The summed E-state index contributed by atoms with van der Waals surface area (Å²) in [6.07, 6.45) is 3.13. The largest absolute Gasteiger partial charge is 0.312 e. The fourth-order valence-corrected chi connectivity index (χ4v) is 2.66. The quantitative estimate of drug-likeness (QED) is 0.808. The zero-order valence-corrected chi connectivity index (χ0v) is 12.0. The van der Waals surface area contributed by atoms with Crippen LogP contribution in [0.25, 0.3) is 0 Å². The summed E-state index contributed by atoms with van der Waals surface area (Å²) in [5.41, 5.74) is 0.916. The first kappa shape index (κ1) is 15.0. The monoisotopic (exact) mass is 271 g/mol. The molecule has 1 heterocycles. The average Bonchev–Trinajstić information content (AvgIpc) is 2.34. The Kier molecular flexibility index (Phi) is 5.68. The molecule has 1 unspecified atom stereocenters. The fraction of sp³-hybridized carbons (Fsp3) is 0.667. The molecule has 0 aliphatic rings. The molecular formula is C12H21N3O2S. The predicted molar refractivity (Wildman–Crippen MR) is 72.1 cm³/mol. The third kappa shape index (κ3) is 4.70. The van der Waals surface area contributed by atoms with Gasteiger partial charge < -0.3 is 5.32 Å². The molecule has 0 spiro atoms. The van der Waals surface area contributed by atoms with Gasteiger partial charge in [-0.15, -0.1) is 0 Å². The smallest absolute Gasteiger partial charge is 0.150 e. The van der Waals surface area contributed by atoms with E-state index in [0.29, 0.717) is 6.42 Å². The van der Waals surface area contributed by atoms with Crippen molar-refractivity contribution in [1.29, 1.82) is 0 Å². The molecular weight excluding hydrogens is 250 g/mol. The van der Waals surface area contributed by atoms with Gasteiger partial charge in [0.15, 0.2) is 0 Å². The van der Waals surface area contributed by atoms with E-state index in [1.807, 2.05) is 20.0 Å². The normalized spacial score (nSPS) is 13.5. The van der Waals surface area contributed by atoms with Crippen molar-refractivity contribution in [1.82, 2.24) is 15.3 Å². The van der Waals surface area contributed by atoms with E-state index in [1.165, 1.54) is 0 Å². The third-order valence-corrected chi connectivity index (χ3v) is 4.68. The summed E-state index contributed by atoms with van der Waals surface area (Å²) in [5.74, 6) is 1.18. The van der Waals surface area contributed by atoms with Crippen LogP contribution >= 0.6 is 0 Å². The number of hydrogen-bond donors (Lipinski definition) is 1. The Morgan fingerprint density at radius 3 is 2.72 bits per heavy atom. The summed E-state index contributed by atoms with van der Waals surface area (Å²) in [4.78, 5) is 8.41. The van der Waals surface area contributed by atoms with Crippen molar-refractivity contribution in [2.45, 2.75) is 32.7 Å². The van der Waals surface area contributed by atoms with Crippen LogP contribution in [0.3, 0.4) is 0 Å². The zero-order chi connectivity index (χ0) is 13.6. The summed E-state index contributed by atoms with van der Waals surface area (Å²) >= 11 is 0. The van der Waals surface area contributed by atoms with E-state index < -0.39 is 9.84 Å². The number of sulfone groups is 1. The molecule has 0 saturated carbocycles. The Hall–Kier alpha value is -1.01. The second kappa shape index (κ2) is 6.80. The average molecular weight is 271 g/mol. The van der Waals surface area contributed by atoms with E-state index in [4.69, 9.17) is 0 Å². The maximum Gasteiger partial charge on any atom is 0.150 e. The van der Waals surface area contributed by atoms with Crippen LogP contribution in [0.1, 0.15) is 37.3 Å². The first-order chi connectivity index (χ1) is 8.48. The lowest BCUT2D eigenvalue weighted by molar-refractivity contribution is 0.522.